The number of aliphatic hydroxyl groups is 3. The van der Waals surface area contributed by atoms with E-state index in [0.29, 0.717) is 6.42 Å². The molecule has 2 unspecified atom stereocenters. The number of unbranched alkanes of at least 4 members (excludes halogenated alkanes) is 8. The predicted molar refractivity (Wildman–Crippen MR) is 105 cm³/mol. The number of ether oxygens (including phenoxy) is 1. The van der Waals surface area contributed by atoms with Gasteiger partial charge in [0.25, 0.3) is 0 Å². The van der Waals surface area contributed by atoms with Crippen molar-refractivity contribution in [2.24, 2.45) is 0 Å². The minimum Gasteiger partial charge on any atom is -0.463 e. The largest absolute Gasteiger partial charge is 0.463 e. The standard InChI is InChI=1S/C21H38O5/c1-2-3-4-8-11-14-19(23)15-12-9-6-5-7-10-13-16-21(25)26-18-20(24)17-22/h11-12,14-15,19-20,22-24H,2-10,13,16-18H2,1H3/b14-11-,15-12-. The summed E-state index contributed by atoms with van der Waals surface area (Å²) in [4.78, 5) is 11.4. The Morgan fingerprint density at radius 3 is 2.12 bits per heavy atom. The molecule has 26 heavy (non-hydrogen) atoms. The highest BCUT2D eigenvalue weighted by Gasteiger charge is 2.07. The van der Waals surface area contributed by atoms with Gasteiger partial charge in [-0.15, -0.1) is 0 Å². The van der Waals surface area contributed by atoms with Crippen LogP contribution in [0.4, 0.5) is 0 Å². The van der Waals surface area contributed by atoms with Crippen LogP contribution >= 0.6 is 0 Å². The zero-order chi connectivity index (χ0) is 19.5. The summed E-state index contributed by atoms with van der Waals surface area (Å²) >= 11 is 0. The van der Waals surface area contributed by atoms with Crippen LogP contribution in [0.25, 0.3) is 0 Å². The highest BCUT2D eigenvalue weighted by Crippen LogP contribution is 2.09. The van der Waals surface area contributed by atoms with E-state index in [4.69, 9.17) is 14.9 Å². The van der Waals surface area contributed by atoms with E-state index >= 15 is 0 Å². The van der Waals surface area contributed by atoms with Crippen LogP contribution in [0.1, 0.15) is 77.6 Å². The van der Waals surface area contributed by atoms with Gasteiger partial charge in [0, 0.05) is 6.42 Å². The summed E-state index contributed by atoms with van der Waals surface area (Å²) in [6, 6.07) is 0. The molecule has 5 heteroatoms. The van der Waals surface area contributed by atoms with Crippen LogP contribution in [0.15, 0.2) is 24.3 Å². The average Bonchev–Trinajstić information content (AvgIpc) is 2.64. The smallest absolute Gasteiger partial charge is 0.305 e. The fourth-order valence-corrected chi connectivity index (χ4v) is 2.42. The normalized spacial score (nSPS) is 14.2. The van der Waals surface area contributed by atoms with Crippen molar-refractivity contribution in [3.8, 4) is 0 Å². The molecular weight excluding hydrogens is 332 g/mol. The van der Waals surface area contributed by atoms with Gasteiger partial charge < -0.3 is 20.1 Å². The van der Waals surface area contributed by atoms with Crippen molar-refractivity contribution < 1.29 is 24.9 Å². The predicted octanol–water partition coefficient (Wildman–Crippen LogP) is 3.67. The van der Waals surface area contributed by atoms with E-state index in [9.17, 15) is 9.90 Å². The van der Waals surface area contributed by atoms with Gasteiger partial charge in [-0.05, 0) is 32.1 Å². The Morgan fingerprint density at radius 1 is 0.923 bits per heavy atom. The Bertz CT molecular complexity index is 379. The number of carbonyl (C=O) groups excluding carboxylic acids is 1. The second kappa shape index (κ2) is 18.6. The van der Waals surface area contributed by atoms with Crippen molar-refractivity contribution in [1.29, 1.82) is 0 Å². The number of hydrogen-bond donors (Lipinski definition) is 3. The highest BCUT2D eigenvalue weighted by molar-refractivity contribution is 5.69. The molecule has 0 saturated carbocycles. The Labute approximate surface area is 158 Å². The fourth-order valence-electron chi connectivity index (χ4n) is 2.42. The van der Waals surface area contributed by atoms with E-state index in [1.54, 1.807) is 0 Å². The molecule has 0 bridgehead atoms. The maximum absolute atomic E-state index is 11.4. The molecule has 152 valence electrons. The molecule has 0 aliphatic rings. The summed E-state index contributed by atoms with van der Waals surface area (Å²) in [6.45, 7) is 1.65. The third kappa shape index (κ3) is 17.6. The first-order chi connectivity index (χ1) is 12.6. The zero-order valence-corrected chi connectivity index (χ0v) is 16.3. The second-order valence-electron chi connectivity index (χ2n) is 6.67. The third-order valence-corrected chi connectivity index (χ3v) is 4.04. The van der Waals surface area contributed by atoms with Gasteiger partial charge in [-0.1, -0.05) is 63.3 Å². The summed E-state index contributed by atoms with van der Waals surface area (Å²) in [5.41, 5.74) is 0. The number of aliphatic hydroxyl groups excluding tert-OH is 3. The molecule has 0 aromatic rings. The van der Waals surface area contributed by atoms with Crippen molar-refractivity contribution in [2.75, 3.05) is 13.2 Å². The van der Waals surface area contributed by atoms with Gasteiger partial charge in [0.15, 0.2) is 0 Å². The van der Waals surface area contributed by atoms with Crippen LogP contribution in [0.3, 0.4) is 0 Å². The van der Waals surface area contributed by atoms with Gasteiger partial charge in [-0.2, -0.15) is 0 Å². The minimum atomic E-state index is -0.984. The Balaban J connectivity index is 3.45. The van der Waals surface area contributed by atoms with Crippen molar-refractivity contribution in [1.82, 2.24) is 0 Å². The van der Waals surface area contributed by atoms with Gasteiger partial charge in [-0.25, -0.2) is 0 Å². The number of esters is 1. The SMILES string of the molecule is CCCCC/C=C\C(O)/C=C\CCCCCCCC(=O)OCC(O)CO. The molecule has 0 radical (unpaired) electrons. The molecule has 0 heterocycles. The molecule has 0 aliphatic carbocycles. The first-order valence-electron chi connectivity index (χ1n) is 10.1. The van der Waals surface area contributed by atoms with E-state index < -0.39 is 18.8 Å². The molecule has 0 rings (SSSR count). The van der Waals surface area contributed by atoms with Crippen LogP contribution in [0.2, 0.25) is 0 Å². The number of allylic oxidation sites excluding steroid dienone is 2. The topological polar surface area (TPSA) is 87.0 Å². The van der Waals surface area contributed by atoms with Crippen molar-refractivity contribution in [3.05, 3.63) is 24.3 Å². The van der Waals surface area contributed by atoms with E-state index in [0.717, 1.165) is 44.9 Å². The molecule has 2 atom stereocenters. The third-order valence-electron chi connectivity index (χ3n) is 4.04. The van der Waals surface area contributed by atoms with Crippen LogP contribution in [-0.2, 0) is 9.53 Å². The first-order valence-corrected chi connectivity index (χ1v) is 10.1. The number of carbonyl (C=O) groups is 1. The summed E-state index contributed by atoms with van der Waals surface area (Å²) in [7, 11) is 0. The lowest BCUT2D eigenvalue weighted by molar-refractivity contribution is -0.147. The highest BCUT2D eigenvalue weighted by atomic mass is 16.5. The molecule has 0 saturated heterocycles. The molecule has 0 aromatic carbocycles. The fraction of sp³-hybridized carbons (Fsp3) is 0.762. The van der Waals surface area contributed by atoms with Crippen LogP contribution in [0, 0.1) is 0 Å². The van der Waals surface area contributed by atoms with E-state index in [2.05, 4.69) is 13.0 Å². The summed E-state index contributed by atoms with van der Waals surface area (Å²) in [6.07, 6.45) is 17.3. The number of hydrogen-bond acceptors (Lipinski definition) is 5. The first kappa shape index (κ1) is 24.8. The molecule has 0 spiro atoms. The Kier molecular flexibility index (Phi) is 17.8. The van der Waals surface area contributed by atoms with Crippen molar-refractivity contribution in [2.45, 2.75) is 89.8 Å². The van der Waals surface area contributed by atoms with Crippen LogP contribution < -0.4 is 0 Å². The quantitative estimate of drug-likeness (QED) is 0.207. The molecule has 5 nitrogen and oxygen atoms in total. The molecule has 0 fully saturated rings. The van der Waals surface area contributed by atoms with Crippen LogP contribution in [-0.4, -0.2) is 46.7 Å². The maximum Gasteiger partial charge on any atom is 0.305 e. The lowest BCUT2D eigenvalue weighted by Gasteiger charge is -2.08. The monoisotopic (exact) mass is 370 g/mol. The van der Waals surface area contributed by atoms with E-state index in [-0.39, 0.29) is 12.6 Å². The van der Waals surface area contributed by atoms with Gasteiger partial charge in [-0.3, -0.25) is 4.79 Å². The van der Waals surface area contributed by atoms with E-state index in [1.807, 2.05) is 18.2 Å². The summed E-state index contributed by atoms with van der Waals surface area (Å²) in [5, 5.41) is 27.5. The zero-order valence-electron chi connectivity index (χ0n) is 16.3. The number of rotatable bonds is 17. The van der Waals surface area contributed by atoms with Crippen molar-refractivity contribution >= 4 is 5.97 Å². The molecular formula is C21H38O5. The van der Waals surface area contributed by atoms with E-state index in [1.165, 1.54) is 19.3 Å². The minimum absolute atomic E-state index is 0.137. The average molecular weight is 371 g/mol. The lowest BCUT2D eigenvalue weighted by Crippen LogP contribution is -2.21. The van der Waals surface area contributed by atoms with Gasteiger partial charge in [0.2, 0.25) is 0 Å². The van der Waals surface area contributed by atoms with Gasteiger partial charge in [0.05, 0.1) is 12.7 Å². The van der Waals surface area contributed by atoms with Crippen molar-refractivity contribution in [3.63, 3.8) is 0 Å². The van der Waals surface area contributed by atoms with Gasteiger partial charge >= 0.3 is 5.97 Å². The lowest BCUT2D eigenvalue weighted by atomic mass is 10.1. The molecule has 0 aliphatic heterocycles. The summed E-state index contributed by atoms with van der Waals surface area (Å²) < 4.78 is 4.84. The molecule has 3 N–H and O–H groups in total. The second-order valence-corrected chi connectivity index (χ2v) is 6.67. The van der Waals surface area contributed by atoms with Gasteiger partial charge in [0.1, 0.15) is 12.7 Å². The Morgan fingerprint density at radius 2 is 1.50 bits per heavy atom. The maximum atomic E-state index is 11.4. The molecule has 0 aromatic heterocycles. The Hall–Kier alpha value is -1.17. The molecule has 0 amide bonds. The van der Waals surface area contributed by atoms with Crippen LogP contribution in [0.5, 0.6) is 0 Å². The summed E-state index contributed by atoms with van der Waals surface area (Å²) in [5.74, 6) is -0.322.